The van der Waals surface area contributed by atoms with Gasteiger partial charge in [-0.25, -0.2) is 0 Å². The van der Waals surface area contributed by atoms with Gasteiger partial charge in [0.1, 0.15) is 0 Å². The SMILES string of the molecule is C.Clc1ccc2ccccc2c1.N. The van der Waals surface area contributed by atoms with Crippen LogP contribution in [0.1, 0.15) is 7.43 Å². The van der Waals surface area contributed by atoms with E-state index >= 15 is 0 Å². The molecule has 1 nitrogen and oxygen atoms in total. The van der Waals surface area contributed by atoms with Gasteiger partial charge in [0.15, 0.2) is 0 Å². The zero-order valence-electron chi connectivity index (χ0n) is 6.63. The van der Waals surface area contributed by atoms with Crippen LogP contribution in [0.3, 0.4) is 0 Å². The van der Waals surface area contributed by atoms with Gasteiger partial charge in [0, 0.05) is 5.02 Å². The van der Waals surface area contributed by atoms with Crippen molar-refractivity contribution in [3.63, 3.8) is 0 Å². The third kappa shape index (κ3) is 2.44. The molecular formula is C11H14ClN. The van der Waals surface area contributed by atoms with E-state index in [-0.39, 0.29) is 13.6 Å². The summed E-state index contributed by atoms with van der Waals surface area (Å²) in [6.07, 6.45) is 0. The lowest BCUT2D eigenvalue weighted by Crippen LogP contribution is -1.69. The summed E-state index contributed by atoms with van der Waals surface area (Å²) in [5, 5.41) is 3.22. The van der Waals surface area contributed by atoms with E-state index in [1.54, 1.807) is 0 Å². The zero-order chi connectivity index (χ0) is 7.68. The van der Waals surface area contributed by atoms with Crippen LogP contribution >= 0.6 is 11.6 Å². The van der Waals surface area contributed by atoms with Crippen molar-refractivity contribution in [3.05, 3.63) is 47.5 Å². The highest BCUT2D eigenvalue weighted by atomic mass is 35.5. The summed E-state index contributed by atoms with van der Waals surface area (Å²) >= 11 is 5.82. The van der Waals surface area contributed by atoms with Gasteiger partial charge in [0.05, 0.1) is 0 Å². The average Bonchev–Trinajstić information content (AvgIpc) is 2.04. The summed E-state index contributed by atoms with van der Waals surface area (Å²) in [7, 11) is 0. The third-order valence-electron chi connectivity index (χ3n) is 1.71. The molecule has 0 aromatic heterocycles. The number of hydrogen-bond acceptors (Lipinski definition) is 1. The number of hydrogen-bond donors (Lipinski definition) is 1. The molecule has 0 radical (unpaired) electrons. The number of halogens is 1. The fourth-order valence-corrected chi connectivity index (χ4v) is 1.34. The van der Waals surface area contributed by atoms with Gasteiger partial charge >= 0.3 is 0 Å². The molecule has 0 aliphatic rings. The Bertz CT molecular complexity index is 385. The molecule has 0 saturated carbocycles. The van der Waals surface area contributed by atoms with Crippen molar-refractivity contribution in [2.24, 2.45) is 0 Å². The summed E-state index contributed by atoms with van der Waals surface area (Å²) in [5.41, 5.74) is 0. The smallest absolute Gasteiger partial charge is 0.0412 e. The van der Waals surface area contributed by atoms with Crippen molar-refractivity contribution in [2.45, 2.75) is 7.43 Å². The highest BCUT2D eigenvalue weighted by Crippen LogP contribution is 2.18. The number of benzene rings is 2. The van der Waals surface area contributed by atoms with Crippen molar-refractivity contribution in [1.82, 2.24) is 6.15 Å². The number of fused-ring (bicyclic) bond motifs is 1. The molecule has 2 heteroatoms. The molecule has 2 aromatic carbocycles. The van der Waals surface area contributed by atoms with Gasteiger partial charge in [-0.15, -0.1) is 0 Å². The van der Waals surface area contributed by atoms with Crippen molar-refractivity contribution in [3.8, 4) is 0 Å². The normalized spacial score (nSPS) is 8.69. The van der Waals surface area contributed by atoms with Crippen LogP contribution in [-0.2, 0) is 0 Å². The first-order valence-corrected chi connectivity index (χ1v) is 3.88. The summed E-state index contributed by atoms with van der Waals surface area (Å²) < 4.78 is 0. The summed E-state index contributed by atoms with van der Waals surface area (Å²) in [4.78, 5) is 0. The molecule has 70 valence electrons. The average molecular weight is 196 g/mol. The van der Waals surface area contributed by atoms with Crippen molar-refractivity contribution >= 4 is 22.4 Å². The first-order chi connectivity index (χ1) is 5.36. The minimum atomic E-state index is 0. The molecule has 0 aliphatic carbocycles. The quantitative estimate of drug-likeness (QED) is 0.669. The second kappa shape index (κ2) is 4.85. The van der Waals surface area contributed by atoms with Crippen LogP contribution in [0.5, 0.6) is 0 Å². The lowest BCUT2D eigenvalue weighted by Gasteiger charge is -1.95. The first kappa shape index (κ1) is 11.9. The lowest BCUT2D eigenvalue weighted by molar-refractivity contribution is 1.75. The largest absolute Gasteiger partial charge is 0.344 e. The van der Waals surface area contributed by atoms with E-state index in [1.807, 2.05) is 30.3 Å². The predicted octanol–water partition coefficient (Wildman–Crippen LogP) is 4.29. The Morgan fingerprint density at radius 3 is 2.15 bits per heavy atom. The van der Waals surface area contributed by atoms with E-state index in [0.717, 1.165) is 5.02 Å². The van der Waals surface area contributed by atoms with E-state index in [0.29, 0.717) is 0 Å². The van der Waals surface area contributed by atoms with Crippen LogP contribution < -0.4 is 6.15 Å². The van der Waals surface area contributed by atoms with Crippen LogP contribution in [0, 0.1) is 0 Å². The zero-order valence-corrected chi connectivity index (χ0v) is 7.38. The van der Waals surface area contributed by atoms with Crippen molar-refractivity contribution < 1.29 is 0 Å². The second-order valence-corrected chi connectivity index (χ2v) is 2.93. The molecule has 0 fully saturated rings. The molecule has 0 bridgehead atoms. The molecule has 0 aliphatic heterocycles. The Morgan fingerprint density at radius 1 is 0.846 bits per heavy atom. The molecule has 0 unspecified atom stereocenters. The second-order valence-electron chi connectivity index (χ2n) is 2.49. The Kier molecular flexibility index (Phi) is 4.46. The van der Waals surface area contributed by atoms with Crippen molar-refractivity contribution in [1.29, 1.82) is 0 Å². The van der Waals surface area contributed by atoms with Crippen LogP contribution in [0.2, 0.25) is 5.02 Å². The lowest BCUT2D eigenvalue weighted by atomic mass is 10.1. The molecule has 0 heterocycles. The molecule has 0 spiro atoms. The molecule has 2 aromatic rings. The molecule has 0 atom stereocenters. The van der Waals surface area contributed by atoms with Crippen LogP contribution in [0.15, 0.2) is 42.5 Å². The Hall–Kier alpha value is -1.05. The van der Waals surface area contributed by atoms with Gasteiger partial charge in [-0.3, -0.25) is 0 Å². The molecule has 0 saturated heterocycles. The fraction of sp³-hybridized carbons (Fsp3) is 0.0909. The molecule has 13 heavy (non-hydrogen) atoms. The molecular weight excluding hydrogens is 182 g/mol. The predicted molar refractivity (Wildman–Crippen MR) is 60.7 cm³/mol. The van der Waals surface area contributed by atoms with Gasteiger partial charge in [-0.1, -0.05) is 49.4 Å². The maximum absolute atomic E-state index is 5.82. The van der Waals surface area contributed by atoms with E-state index in [9.17, 15) is 0 Å². The van der Waals surface area contributed by atoms with Gasteiger partial charge < -0.3 is 6.15 Å². The van der Waals surface area contributed by atoms with E-state index in [1.165, 1.54) is 10.8 Å². The summed E-state index contributed by atoms with van der Waals surface area (Å²) in [6.45, 7) is 0. The van der Waals surface area contributed by atoms with Gasteiger partial charge in [-0.05, 0) is 22.9 Å². The van der Waals surface area contributed by atoms with Crippen LogP contribution in [0.4, 0.5) is 0 Å². The Morgan fingerprint density at radius 2 is 1.46 bits per heavy atom. The van der Waals surface area contributed by atoms with E-state index in [4.69, 9.17) is 11.6 Å². The Balaban J connectivity index is 0.000000720. The molecule has 3 N–H and O–H groups in total. The molecule has 0 amide bonds. The van der Waals surface area contributed by atoms with Gasteiger partial charge in [-0.2, -0.15) is 0 Å². The van der Waals surface area contributed by atoms with Crippen LogP contribution in [-0.4, -0.2) is 0 Å². The monoisotopic (exact) mass is 195 g/mol. The topological polar surface area (TPSA) is 35.0 Å². The highest BCUT2D eigenvalue weighted by molar-refractivity contribution is 6.31. The maximum atomic E-state index is 5.82. The first-order valence-electron chi connectivity index (χ1n) is 3.50. The molecule has 2 rings (SSSR count). The van der Waals surface area contributed by atoms with E-state index < -0.39 is 0 Å². The standard InChI is InChI=1S/C10H7Cl.CH4.H3N/c11-10-6-5-8-3-1-2-4-9(8)7-10;;/h1-7H;1H4;1H3. The van der Waals surface area contributed by atoms with Gasteiger partial charge in [0.25, 0.3) is 0 Å². The minimum absolute atomic E-state index is 0. The number of rotatable bonds is 0. The minimum Gasteiger partial charge on any atom is -0.344 e. The fourth-order valence-electron chi connectivity index (χ4n) is 1.16. The van der Waals surface area contributed by atoms with E-state index in [2.05, 4.69) is 12.1 Å². The highest BCUT2D eigenvalue weighted by Gasteiger charge is 1.90. The van der Waals surface area contributed by atoms with Gasteiger partial charge in [0.2, 0.25) is 0 Å². The maximum Gasteiger partial charge on any atom is 0.0412 e. The Labute approximate surface area is 83.9 Å². The van der Waals surface area contributed by atoms with Crippen LogP contribution in [0.25, 0.3) is 10.8 Å². The summed E-state index contributed by atoms with van der Waals surface area (Å²) in [5.74, 6) is 0. The third-order valence-corrected chi connectivity index (χ3v) is 1.95. The van der Waals surface area contributed by atoms with Crippen molar-refractivity contribution in [2.75, 3.05) is 0 Å². The summed E-state index contributed by atoms with van der Waals surface area (Å²) in [6, 6.07) is 14.1.